The Bertz CT molecular complexity index is 797. The van der Waals surface area contributed by atoms with Crippen molar-refractivity contribution in [1.82, 2.24) is 0 Å². The summed E-state index contributed by atoms with van der Waals surface area (Å²) in [7, 11) is 0. The molecule has 5 heteroatoms. The molecule has 0 radical (unpaired) electrons. The third kappa shape index (κ3) is 3.35. The molecular formula is C18H14BrNO3. The van der Waals surface area contributed by atoms with E-state index in [2.05, 4.69) is 21.1 Å². The summed E-state index contributed by atoms with van der Waals surface area (Å²) in [6, 6.07) is 15.1. The van der Waals surface area contributed by atoms with Crippen LogP contribution in [-0.4, -0.2) is 18.3 Å². The highest BCUT2D eigenvalue weighted by Gasteiger charge is 2.27. The molecule has 1 aliphatic heterocycles. The van der Waals surface area contributed by atoms with Crippen LogP contribution < -0.4 is 4.74 Å². The van der Waals surface area contributed by atoms with Gasteiger partial charge in [0.1, 0.15) is 11.5 Å². The van der Waals surface area contributed by atoms with Gasteiger partial charge in [-0.05, 0) is 31.2 Å². The molecule has 0 N–H and O–H groups in total. The first-order valence-electron chi connectivity index (χ1n) is 7.18. The van der Waals surface area contributed by atoms with Crippen molar-refractivity contribution in [1.29, 1.82) is 0 Å². The molecule has 2 aromatic rings. The van der Waals surface area contributed by atoms with Crippen molar-refractivity contribution in [2.45, 2.75) is 6.92 Å². The Hall–Kier alpha value is -2.40. The predicted molar refractivity (Wildman–Crippen MR) is 92.4 cm³/mol. The fourth-order valence-electron chi connectivity index (χ4n) is 2.29. The van der Waals surface area contributed by atoms with Crippen LogP contribution in [0.5, 0.6) is 5.75 Å². The molecule has 0 bridgehead atoms. The van der Waals surface area contributed by atoms with Gasteiger partial charge in [-0.25, -0.2) is 4.79 Å². The lowest BCUT2D eigenvalue weighted by molar-refractivity contribution is -0.136. The maximum Gasteiger partial charge on any atom is 0.368 e. The lowest BCUT2D eigenvalue weighted by atomic mass is 10.0. The molecule has 0 aromatic heterocycles. The van der Waals surface area contributed by atoms with Crippen LogP contribution >= 0.6 is 15.9 Å². The molecule has 0 saturated carbocycles. The van der Waals surface area contributed by atoms with E-state index in [1.807, 2.05) is 55.5 Å². The molecule has 0 spiro atoms. The minimum Gasteiger partial charge on any atom is -0.493 e. The Balaban J connectivity index is 2.05. The minimum absolute atomic E-state index is 0.412. The van der Waals surface area contributed by atoms with E-state index in [4.69, 9.17) is 9.57 Å². The number of nitrogens with zero attached hydrogens (tertiary/aromatic N) is 1. The molecule has 3 rings (SSSR count). The topological polar surface area (TPSA) is 47.9 Å². The number of oxime groups is 1. The fraction of sp³-hybridized carbons (Fsp3) is 0.111. The van der Waals surface area contributed by atoms with E-state index < -0.39 is 5.97 Å². The monoisotopic (exact) mass is 371 g/mol. The summed E-state index contributed by atoms with van der Waals surface area (Å²) in [6.45, 7) is 2.46. The van der Waals surface area contributed by atoms with Crippen molar-refractivity contribution >= 4 is 33.7 Å². The summed E-state index contributed by atoms with van der Waals surface area (Å²) in [5.74, 6) is 0.238. The highest BCUT2D eigenvalue weighted by molar-refractivity contribution is 9.10. The van der Waals surface area contributed by atoms with Gasteiger partial charge in [-0.3, -0.25) is 0 Å². The van der Waals surface area contributed by atoms with Crippen LogP contribution in [0.4, 0.5) is 0 Å². The molecule has 1 heterocycles. The summed E-state index contributed by atoms with van der Waals surface area (Å²) in [5, 5.41) is 3.91. The summed E-state index contributed by atoms with van der Waals surface area (Å²) in [4.78, 5) is 16.9. The Morgan fingerprint density at radius 2 is 2.00 bits per heavy atom. The maximum atomic E-state index is 12.1. The van der Waals surface area contributed by atoms with Crippen molar-refractivity contribution in [3.63, 3.8) is 0 Å². The number of carbonyl (C=O) groups is 1. The van der Waals surface area contributed by atoms with Gasteiger partial charge in [0.2, 0.25) is 0 Å². The van der Waals surface area contributed by atoms with Crippen molar-refractivity contribution in [3.05, 3.63) is 69.7 Å². The van der Waals surface area contributed by atoms with Crippen LogP contribution in [0.1, 0.15) is 18.1 Å². The van der Waals surface area contributed by atoms with E-state index in [1.165, 1.54) is 0 Å². The Morgan fingerprint density at radius 3 is 2.74 bits per heavy atom. The number of rotatable bonds is 4. The van der Waals surface area contributed by atoms with E-state index in [1.54, 1.807) is 6.08 Å². The normalized spacial score (nSPS) is 15.5. The van der Waals surface area contributed by atoms with Gasteiger partial charge in [0, 0.05) is 15.6 Å². The van der Waals surface area contributed by atoms with E-state index in [0.29, 0.717) is 23.6 Å². The van der Waals surface area contributed by atoms with Gasteiger partial charge < -0.3 is 9.57 Å². The number of hydrogen-bond acceptors (Lipinski definition) is 4. The van der Waals surface area contributed by atoms with E-state index in [-0.39, 0.29) is 0 Å². The molecule has 4 nitrogen and oxygen atoms in total. The zero-order valence-corrected chi connectivity index (χ0v) is 14.0. The van der Waals surface area contributed by atoms with Gasteiger partial charge in [0.15, 0.2) is 0 Å². The Morgan fingerprint density at radius 1 is 1.22 bits per heavy atom. The quantitative estimate of drug-likeness (QED) is 0.597. The van der Waals surface area contributed by atoms with Crippen LogP contribution in [0.2, 0.25) is 0 Å². The molecule has 0 fully saturated rings. The minimum atomic E-state index is -0.466. The second-order valence-corrected chi connectivity index (χ2v) is 5.77. The van der Waals surface area contributed by atoms with Gasteiger partial charge in [0.25, 0.3) is 0 Å². The average Bonchev–Trinajstić information content (AvgIpc) is 2.92. The number of carbonyl (C=O) groups excluding carboxylic acids is 1. The highest BCUT2D eigenvalue weighted by Crippen LogP contribution is 2.28. The average molecular weight is 372 g/mol. The van der Waals surface area contributed by atoms with Crippen molar-refractivity contribution < 1.29 is 14.4 Å². The molecule has 0 amide bonds. The summed E-state index contributed by atoms with van der Waals surface area (Å²) < 4.78 is 6.52. The molecule has 0 aliphatic carbocycles. The van der Waals surface area contributed by atoms with Gasteiger partial charge in [-0.2, -0.15) is 0 Å². The number of halogens is 1. The standard InChI is InChI=1S/C18H14BrNO3/c1-2-22-16-9-8-14(19)10-13(16)11-15-17(20-23-18(15)21)12-6-4-3-5-7-12/h3-11H,2H2,1H3/b15-11-. The molecule has 0 unspecified atom stereocenters. The second kappa shape index (κ2) is 6.79. The zero-order chi connectivity index (χ0) is 16.2. The maximum absolute atomic E-state index is 12.1. The lowest BCUT2D eigenvalue weighted by Gasteiger charge is -2.08. The molecule has 0 atom stereocenters. The molecule has 2 aromatic carbocycles. The van der Waals surface area contributed by atoms with Crippen molar-refractivity contribution in [2.24, 2.45) is 5.16 Å². The van der Waals surface area contributed by atoms with Crippen LogP contribution in [-0.2, 0) is 9.63 Å². The van der Waals surface area contributed by atoms with Gasteiger partial charge in [-0.1, -0.05) is 51.4 Å². The molecule has 116 valence electrons. The van der Waals surface area contributed by atoms with E-state index in [0.717, 1.165) is 15.6 Å². The molecule has 0 saturated heterocycles. The van der Waals surface area contributed by atoms with Crippen molar-refractivity contribution in [2.75, 3.05) is 6.61 Å². The highest BCUT2D eigenvalue weighted by atomic mass is 79.9. The largest absolute Gasteiger partial charge is 0.493 e. The van der Waals surface area contributed by atoms with Gasteiger partial charge >= 0.3 is 5.97 Å². The molecule has 23 heavy (non-hydrogen) atoms. The fourth-order valence-corrected chi connectivity index (χ4v) is 2.67. The predicted octanol–water partition coefficient (Wildman–Crippen LogP) is 4.19. The number of ether oxygens (including phenoxy) is 1. The molecule has 1 aliphatic rings. The first-order chi connectivity index (χ1) is 11.2. The van der Waals surface area contributed by atoms with Crippen LogP contribution in [0.25, 0.3) is 6.08 Å². The summed E-state index contributed by atoms with van der Waals surface area (Å²) >= 11 is 3.44. The van der Waals surface area contributed by atoms with Crippen LogP contribution in [0, 0.1) is 0 Å². The van der Waals surface area contributed by atoms with Gasteiger partial charge in [-0.15, -0.1) is 0 Å². The summed E-state index contributed by atoms with van der Waals surface area (Å²) in [5.41, 5.74) is 2.56. The van der Waals surface area contributed by atoms with E-state index in [9.17, 15) is 4.79 Å². The lowest BCUT2D eigenvalue weighted by Crippen LogP contribution is -2.07. The van der Waals surface area contributed by atoms with E-state index >= 15 is 0 Å². The van der Waals surface area contributed by atoms with Crippen LogP contribution in [0.3, 0.4) is 0 Å². The number of benzene rings is 2. The smallest absolute Gasteiger partial charge is 0.368 e. The zero-order valence-electron chi connectivity index (χ0n) is 12.5. The first kappa shape index (κ1) is 15.5. The SMILES string of the molecule is CCOc1ccc(Br)cc1/C=C1\C(=O)ON=C1c1ccccc1. The summed E-state index contributed by atoms with van der Waals surface area (Å²) in [6.07, 6.45) is 1.75. The van der Waals surface area contributed by atoms with Crippen molar-refractivity contribution in [3.8, 4) is 5.75 Å². The first-order valence-corrected chi connectivity index (χ1v) is 7.97. The Kier molecular flexibility index (Phi) is 4.57. The van der Waals surface area contributed by atoms with Gasteiger partial charge in [0.05, 0.1) is 12.2 Å². The number of hydrogen-bond donors (Lipinski definition) is 0. The third-order valence-electron chi connectivity index (χ3n) is 3.31. The third-order valence-corrected chi connectivity index (χ3v) is 3.81. The molecular weight excluding hydrogens is 358 g/mol. The Labute approximate surface area is 142 Å². The second-order valence-electron chi connectivity index (χ2n) is 4.86. The van der Waals surface area contributed by atoms with Crippen LogP contribution in [0.15, 0.2) is 63.7 Å².